The molecule has 0 spiro atoms. The summed E-state index contributed by atoms with van der Waals surface area (Å²) in [5, 5.41) is 9.06. The average Bonchev–Trinajstić information content (AvgIpc) is 2.87. The number of nitrogens with zero attached hydrogens (tertiary/aromatic N) is 1. The highest BCUT2D eigenvalue weighted by Gasteiger charge is 2.52. The molecule has 1 fully saturated rings. The second-order valence-corrected chi connectivity index (χ2v) is 5.47. The number of amides is 1. The Kier molecular flexibility index (Phi) is 4.36. The molecule has 0 aliphatic heterocycles. The van der Waals surface area contributed by atoms with Gasteiger partial charge in [0.05, 0.1) is 6.61 Å². The van der Waals surface area contributed by atoms with Gasteiger partial charge in [0.25, 0.3) is 0 Å². The fourth-order valence-electron chi connectivity index (χ4n) is 2.40. The van der Waals surface area contributed by atoms with Crippen LogP contribution in [0.5, 0.6) is 0 Å². The van der Waals surface area contributed by atoms with E-state index in [1.165, 1.54) is 0 Å². The maximum absolute atomic E-state index is 12.3. The lowest BCUT2D eigenvalue weighted by atomic mass is 10.1. The number of hydrogen-bond donors (Lipinski definition) is 1. The van der Waals surface area contributed by atoms with Crippen molar-refractivity contribution in [2.75, 3.05) is 13.2 Å². The van der Waals surface area contributed by atoms with Gasteiger partial charge in [0.15, 0.2) is 0 Å². The third-order valence-electron chi connectivity index (χ3n) is 3.82. The van der Waals surface area contributed by atoms with E-state index in [0.29, 0.717) is 6.54 Å². The van der Waals surface area contributed by atoms with E-state index in [0.717, 1.165) is 19.3 Å². The van der Waals surface area contributed by atoms with Crippen LogP contribution in [0.1, 0.15) is 47.0 Å². The van der Waals surface area contributed by atoms with Crippen LogP contribution in [0.15, 0.2) is 0 Å². The molecule has 1 atom stereocenters. The molecule has 1 aliphatic rings. The second kappa shape index (κ2) is 5.17. The average molecular weight is 227 g/mol. The molecule has 1 N–H and O–H groups in total. The number of rotatable bonds is 6. The van der Waals surface area contributed by atoms with Gasteiger partial charge >= 0.3 is 0 Å². The molecule has 3 nitrogen and oxygen atoms in total. The standard InChI is InChI=1S/C13H25NO2/c1-5-10(6-2)14(7-8-15)12(16)11-9-13(11,3)4/h10-11,15H,5-9H2,1-4H3. The molecular formula is C13H25NO2. The summed E-state index contributed by atoms with van der Waals surface area (Å²) in [5.41, 5.74) is 0.177. The molecule has 0 aromatic carbocycles. The summed E-state index contributed by atoms with van der Waals surface area (Å²) in [4.78, 5) is 14.2. The number of aliphatic hydroxyl groups excluding tert-OH is 1. The molecule has 1 amide bonds. The van der Waals surface area contributed by atoms with Crippen molar-refractivity contribution < 1.29 is 9.90 Å². The van der Waals surface area contributed by atoms with Gasteiger partial charge in [-0.05, 0) is 24.7 Å². The second-order valence-electron chi connectivity index (χ2n) is 5.47. The Morgan fingerprint density at radius 2 is 1.94 bits per heavy atom. The minimum absolute atomic E-state index is 0.0649. The van der Waals surface area contributed by atoms with E-state index in [1.807, 2.05) is 4.90 Å². The molecule has 0 saturated heterocycles. The predicted octanol–water partition coefficient (Wildman–Crippen LogP) is 2.04. The summed E-state index contributed by atoms with van der Waals surface area (Å²) in [6, 6.07) is 0.288. The third kappa shape index (κ3) is 2.76. The highest BCUT2D eigenvalue weighted by molar-refractivity contribution is 5.82. The zero-order valence-electron chi connectivity index (χ0n) is 11.0. The number of hydrogen-bond acceptors (Lipinski definition) is 2. The highest BCUT2D eigenvalue weighted by Crippen LogP contribution is 2.52. The van der Waals surface area contributed by atoms with E-state index < -0.39 is 0 Å². The lowest BCUT2D eigenvalue weighted by molar-refractivity contribution is -0.136. The van der Waals surface area contributed by atoms with Gasteiger partial charge in [0.2, 0.25) is 5.91 Å². The Balaban J connectivity index is 2.66. The molecule has 16 heavy (non-hydrogen) atoms. The summed E-state index contributed by atoms with van der Waals surface area (Å²) in [7, 11) is 0. The minimum atomic E-state index is 0.0649. The predicted molar refractivity (Wildman–Crippen MR) is 65.1 cm³/mol. The van der Waals surface area contributed by atoms with Gasteiger partial charge in [-0.1, -0.05) is 27.7 Å². The fraction of sp³-hybridized carbons (Fsp3) is 0.923. The molecule has 0 radical (unpaired) electrons. The van der Waals surface area contributed by atoms with Crippen LogP contribution in [0.2, 0.25) is 0 Å². The topological polar surface area (TPSA) is 40.5 Å². The van der Waals surface area contributed by atoms with Crippen molar-refractivity contribution in [1.82, 2.24) is 4.90 Å². The number of carbonyl (C=O) groups is 1. The molecule has 1 aliphatic carbocycles. The zero-order valence-corrected chi connectivity index (χ0v) is 11.0. The summed E-state index contributed by atoms with van der Waals surface area (Å²) in [6.45, 7) is 9.03. The Hall–Kier alpha value is -0.570. The van der Waals surface area contributed by atoms with Gasteiger partial charge < -0.3 is 10.0 Å². The van der Waals surface area contributed by atoms with E-state index in [-0.39, 0.29) is 29.9 Å². The summed E-state index contributed by atoms with van der Waals surface area (Å²) < 4.78 is 0. The van der Waals surface area contributed by atoms with Gasteiger partial charge in [0, 0.05) is 18.5 Å². The Morgan fingerprint density at radius 3 is 2.25 bits per heavy atom. The van der Waals surface area contributed by atoms with Crippen LogP contribution in [0, 0.1) is 11.3 Å². The van der Waals surface area contributed by atoms with Gasteiger partial charge in [-0.15, -0.1) is 0 Å². The van der Waals surface area contributed by atoms with Gasteiger partial charge in [-0.3, -0.25) is 4.79 Å². The Bertz CT molecular complexity index is 246. The zero-order chi connectivity index (χ0) is 12.3. The van der Waals surface area contributed by atoms with Crippen molar-refractivity contribution in [2.45, 2.75) is 53.0 Å². The smallest absolute Gasteiger partial charge is 0.226 e. The van der Waals surface area contributed by atoms with Crippen molar-refractivity contribution in [3.8, 4) is 0 Å². The van der Waals surface area contributed by atoms with Crippen molar-refractivity contribution >= 4 is 5.91 Å². The van der Waals surface area contributed by atoms with Gasteiger partial charge in [-0.25, -0.2) is 0 Å². The van der Waals surface area contributed by atoms with Crippen molar-refractivity contribution in [3.63, 3.8) is 0 Å². The molecule has 1 unspecified atom stereocenters. The first-order valence-corrected chi connectivity index (χ1v) is 6.39. The molecule has 0 aromatic rings. The van der Waals surface area contributed by atoms with E-state index in [9.17, 15) is 4.79 Å². The Labute approximate surface area is 98.8 Å². The first-order valence-electron chi connectivity index (χ1n) is 6.39. The first kappa shape index (κ1) is 13.5. The molecule has 0 bridgehead atoms. The number of aliphatic hydroxyl groups is 1. The van der Waals surface area contributed by atoms with E-state index in [4.69, 9.17) is 5.11 Å². The van der Waals surface area contributed by atoms with Crippen molar-refractivity contribution in [3.05, 3.63) is 0 Å². The maximum Gasteiger partial charge on any atom is 0.226 e. The van der Waals surface area contributed by atoms with Crippen molar-refractivity contribution in [1.29, 1.82) is 0 Å². The lowest BCUT2D eigenvalue weighted by Gasteiger charge is -2.30. The van der Waals surface area contributed by atoms with Crippen LogP contribution in [0.25, 0.3) is 0 Å². The van der Waals surface area contributed by atoms with Crippen LogP contribution in [-0.4, -0.2) is 35.1 Å². The Morgan fingerprint density at radius 1 is 1.44 bits per heavy atom. The van der Waals surface area contributed by atoms with E-state index >= 15 is 0 Å². The lowest BCUT2D eigenvalue weighted by Crippen LogP contribution is -2.43. The van der Waals surface area contributed by atoms with Crippen LogP contribution in [0.4, 0.5) is 0 Å². The van der Waals surface area contributed by atoms with Crippen LogP contribution >= 0.6 is 0 Å². The highest BCUT2D eigenvalue weighted by atomic mass is 16.3. The number of carbonyl (C=O) groups excluding carboxylic acids is 1. The van der Waals surface area contributed by atoms with Gasteiger partial charge in [-0.2, -0.15) is 0 Å². The summed E-state index contributed by atoms with van der Waals surface area (Å²) >= 11 is 0. The quantitative estimate of drug-likeness (QED) is 0.754. The molecule has 1 saturated carbocycles. The molecule has 0 heterocycles. The monoisotopic (exact) mass is 227 g/mol. The van der Waals surface area contributed by atoms with Crippen LogP contribution in [0.3, 0.4) is 0 Å². The van der Waals surface area contributed by atoms with Crippen molar-refractivity contribution in [2.24, 2.45) is 11.3 Å². The first-order chi connectivity index (χ1) is 7.47. The minimum Gasteiger partial charge on any atom is -0.395 e. The molecule has 3 heteroatoms. The molecular weight excluding hydrogens is 202 g/mol. The molecule has 0 aromatic heterocycles. The summed E-state index contributed by atoms with van der Waals surface area (Å²) in [5.74, 6) is 0.424. The van der Waals surface area contributed by atoms with Gasteiger partial charge in [0.1, 0.15) is 0 Å². The van der Waals surface area contributed by atoms with E-state index in [2.05, 4.69) is 27.7 Å². The normalized spacial score (nSPS) is 22.2. The van der Waals surface area contributed by atoms with Crippen LogP contribution < -0.4 is 0 Å². The largest absolute Gasteiger partial charge is 0.395 e. The maximum atomic E-state index is 12.3. The molecule has 1 rings (SSSR count). The molecule has 94 valence electrons. The third-order valence-corrected chi connectivity index (χ3v) is 3.82. The SMILES string of the molecule is CCC(CC)N(CCO)C(=O)C1CC1(C)C. The fourth-order valence-corrected chi connectivity index (χ4v) is 2.40. The van der Waals surface area contributed by atoms with E-state index in [1.54, 1.807) is 0 Å². The summed E-state index contributed by atoms with van der Waals surface area (Å²) in [6.07, 6.45) is 2.93. The van der Waals surface area contributed by atoms with Crippen LogP contribution in [-0.2, 0) is 4.79 Å².